The van der Waals surface area contributed by atoms with Gasteiger partial charge in [0.25, 0.3) is 0 Å². The topological polar surface area (TPSA) is 64.3 Å². The molecule has 0 spiro atoms. The van der Waals surface area contributed by atoms with Gasteiger partial charge in [0.15, 0.2) is 5.82 Å². The first-order chi connectivity index (χ1) is 9.11. The second kappa shape index (κ2) is 6.19. The first-order valence-corrected chi connectivity index (χ1v) is 7.03. The molecule has 1 aromatic heterocycles. The highest BCUT2D eigenvalue weighted by atomic mass is 16.5. The fraction of sp³-hybridized carbons (Fsp3) is 0.714. The molecule has 1 aliphatic rings. The predicted octanol–water partition coefficient (Wildman–Crippen LogP) is 1.83. The van der Waals surface area contributed by atoms with Crippen molar-refractivity contribution in [3.05, 3.63) is 12.4 Å². The van der Waals surface area contributed by atoms with Crippen molar-refractivity contribution in [3.63, 3.8) is 0 Å². The Kier molecular flexibility index (Phi) is 4.58. The zero-order valence-electron chi connectivity index (χ0n) is 12.0. The summed E-state index contributed by atoms with van der Waals surface area (Å²) in [5, 5.41) is 0. The molecule has 2 unspecified atom stereocenters. The van der Waals surface area contributed by atoms with Crippen LogP contribution in [0, 0.1) is 5.92 Å². The Labute approximate surface area is 115 Å². The van der Waals surface area contributed by atoms with Crippen LogP contribution in [0.25, 0.3) is 0 Å². The molecule has 5 heteroatoms. The summed E-state index contributed by atoms with van der Waals surface area (Å²) in [6.45, 7) is 4.71. The minimum Gasteiger partial charge on any atom is -0.474 e. The van der Waals surface area contributed by atoms with E-state index in [0.717, 1.165) is 12.4 Å². The van der Waals surface area contributed by atoms with Gasteiger partial charge >= 0.3 is 0 Å². The van der Waals surface area contributed by atoms with Crippen LogP contribution >= 0.6 is 0 Å². The maximum absolute atomic E-state index is 5.85. The van der Waals surface area contributed by atoms with Crippen LogP contribution in [0.15, 0.2) is 12.4 Å². The number of nitrogens with two attached hydrogens (primary N) is 1. The summed E-state index contributed by atoms with van der Waals surface area (Å²) in [5.74, 6) is 2.01. The van der Waals surface area contributed by atoms with E-state index in [9.17, 15) is 0 Å². The number of nitrogens with zero attached hydrogens (tertiary/aromatic N) is 3. The monoisotopic (exact) mass is 264 g/mol. The van der Waals surface area contributed by atoms with E-state index in [4.69, 9.17) is 10.5 Å². The Bertz CT molecular complexity index is 410. The van der Waals surface area contributed by atoms with E-state index < -0.39 is 0 Å². The average molecular weight is 264 g/mol. The van der Waals surface area contributed by atoms with E-state index in [1.807, 2.05) is 13.8 Å². The molecule has 0 saturated heterocycles. The molecule has 106 valence electrons. The summed E-state index contributed by atoms with van der Waals surface area (Å²) < 4.78 is 5.60. The molecule has 5 nitrogen and oxygen atoms in total. The molecule has 2 N–H and O–H groups in total. The molecule has 0 radical (unpaired) electrons. The summed E-state index contributed by atoms with van der Waals surface area (Å²) in [6.07, 6.45) is 7.19. The summed E-state index contributed by atoms with van der Waals surface area (Å²) in [4.78, 5) is 10.9. The van der Waals surface area contributed by atoms with Crippen molar-refractivity contribution >= 4 is 5.82 Å². The molecular weight excluding hydrogens is 240 g/mol. The third-order valence-electron chi connectivity index (χ3n) is 3.74. The zero-order valence-corrected chi connectivity index (χ0v) is 12.0. The molecule has 2 rings (SSSR count). The lowest BCUT2D eigenvalue weighted by Crippen LogP contribution is -2.38. The molecule has 1 heterocycles. The van der Waals surface area contributed by atoms with E-state index >= 15 is 0 Å². The van der Waals surface area contributed by atoms with Gasteiger partial charge in [0.2, 0.25) is 5.88 Å². The van der Waals surface area contributed by atoms with Gasteiger partial charge in [-0.05, 0) is 39.2 Å². The van der Waals surface area contributed by atoms with Crippen LogP contribution in [0.4, 0.5) is 5.82 Å². The van der Waals surface area contributed by atoms with Gasteiger partial charge in [-0.25, -0.2) is 0 Å². The Morgan fingerprint density at radius 2 is 2.21 bits per heavy atom. The van der Waals surface area contributed by atoms with Crippen molar-refractivity contribution in [1.82, 2.24) is 9.97 Å². The van der Waals surface area contributed by atoms with E-state index in [1.54, 1.807) is 12.4 Å². The average Bonchev–Trinajstić information content (AvgIpc) is 2.85. The summed E-state index contributed by atoms with van der Waals surface area (Å²) >= 11 is 0. The Hall–Kier alpha value is -1.36. The quantitative estimate of drug-likeness (QED) is 0.879. The maximum atomic E-state index is 5.85. The van der Waals surface area contributed by atoms with Crippen molar-refractivity contribution < 1.29 is 4.74 Å². The minimum atomic E-state index is 0.109. The number of hydrogen-bond acceptors (Lipinski definition) is 5. The van der Waals surface area contributed by atoms with E-state index in [0.29, 0.717) is 17.8 Å². The fourth-order valence-electron chi connectivity index (χ4n) is 2.78. The standard InChI is InChI=1S/C14H24N4O/c1-10(2)19-14-9-16-8-13(17-14)18(3)12-6-4-5-11(12)7-15/h8-12H,4-7,15H2,1-3H3. The molecule has 0 amide bonds. The van der Waals surface area contributed by atoms with Gasteiger partial charge in [0.05, 0.1) is 18.5 Å². The summed E-state index contributed by atoms with van der Waals surface area (Å²) in [5.41, 5.74) is 5.85. The third-order valence-corrected chi connectivity index (χ3v) is 3.74. The summed E-state index contributed by atoms with van der Waals surface area (Å²) in [7, 11) is 2.07. The zero-order chi connectivity index (χ0) is 13.8. The van der Waals surface area contributed by atoms with Crippen LogP contribution in [0.3, 0.4) is 0 Å². The first kappa shape index (κ1) is 14.1. The molecule has 0 aliphatic heterocycles. The van der Waals surface area contributed by atoms with Gasteiger partial charge in [0.1, 0.15) is 0 Å². The van der Waals surface area contributed by atoms with Crippen molar-refractivity contribution in [3.8, 4) is 5.88 Å². The van der Waals surface area contributed by atoms with Gasteiger partial charge in [0, 0.05) is 13.1 Å². The molecule has 1 saturated carbocycles. The molecule has 0 bridgehead atoms. The molecule has 1 fully saturated rings. The molecular formula is C14H24N4O. The van der Waals surface area contributed by atoms with Crippen LogP contribution in [-0.4, -0.2) is 35.7 Å². The number of rotatable bonds is 5. The largest absolute Gasteiger partial charge is 0.474 e. The van der Waals surface area contributed by atoms with E-state index in [1.165, 1.54) is 19.3 Å². The minimum absolute atomic E-state index is 0.109. The van der Waals surface area contributed by atoms with Gasteiger partial charge in [-0.15, -0.1) is 0 Å². The van der Waals surface area contributed by atoms with Crippen molar-refractivity contribution in [2.45, 2.75) is 45.3 Å². The highest BCUT2D eigenvalue weighted by molar-refractivity contribution is 5.38. The number of hydrogen-bond donors (Lipinski definition) is 1. The lowest BCUT2D eigenvalue weighted by molar-refractivity contribution is 0.231. The number of aromatic nitrogens is 2. The lowest BCUT2D eigenvalue weighted by atomic mass is 10.0. The number of ether oxygens (including phenoxy) is 1. The summed E-state index contributed by atoms with van der Waals surface area (Å²) in [6, 6.07) is 0.466. The normalized spacial score (nSPS) is 22.8. The van der Waals surface area contributed by atoms with Gasteiger partial charge < -0.3 is 15.4 Å². The van der Waals surface area contributed by atoms with Crippen molar-refractivity contribution in [1.29, 1.82) is 0 Å². The molecule has 1 aromatic rings. The van der Waals surface area contributed by atoms with Crippen LogP contribution in [0.2, 0.25) is 0 Å². The number of anilines is 1. The maximum Gasteiger partial charge on any atom is 0.234 e. The Morgan fingerprint density at radius 3 is 2.89 bits per heavy atom. The van der Waals surface area contributed by atoms with Gasteiger partial charge in [-0.2, -0.15) is 4.98 Å². The first-order valence-electron chi connectivity index (χ1n) is 7.03. The second-order valence-corrected chi connectivity index (χ2v) is 5.49. The van der Waals surface area contributed by atoms with Gasteiger partial charge in [-0.3, -0.25) is 4.98 Å². The van der Waals surface area contributed by atoms with Gasteiger partial charge in [-0.1, -0.05) is 6.42 Å². The smallest absolute Gasteiger partial charge is 0.234 e. The van der Waals surface area contributed by atoms with Crippen molar-refractivity contribution in [2.75, 3.05) is 18.5 Å². The van der Waals surface area contributed by atoms with E-state index in [2.05, 4.69) is 21.9 Å². The Balaban J connectivity index is 2.12. The SMILES string of the molecule is CC(C)Oc1cncc(N(C)C2CCCC2CN)n1. The second-order valence-electron chi connectivity index (χ2n) is 5.49. The van der Waals surface area contributed by atoms with Crippen LogP contribution in [0.1, 0.15) is 33.1 Å². The highest BCUT2D eigenvalue weighted by Crippen LogP contribution is 2.31. The third kappa shape index (κ3) is 3.35. The van der Waals surface area contributed by atoms with Crippen LogP contribution < -0.4 is 15.4 Å². The molecule has 1 aliphatic carbocycles. The van der Waals surface area contributed by atoms with E-state index in [-0.39, 0.29) is 6.10 Å². The predicted molar refractivity (Wildman–Crippen MR) is 76.4 cm³/mol. The van der Waals surface area contributed by atoms with Crippen LogP contribution in [0.5, 0.6) is 5.88 Å². The van der Waals surface area contributed by atoms with Crippen molar-refractivity contribution in [2.24, 2.45) is 11.7 Å². The molecule has 0 aromatic carbocycles. The lowest BCUT2D eigenvalue weighted by Gasteiger charge is -2.30. The Morgan fingerprint density at radius 1 is 1.42 bits per heavy atom. The molecule has 19 heavy (non-hydrogen) atoms. The fourth-order valence-corrected chi connectivity index (χ4v) is 2.78. The molecule has 2 atom stereocenters. The van der Waals surface area contributed by atoms with Crippen LogP contribution in [-0.2, 0) is 0 Å². The highest BCUT2D eigenvalue weighted by Gasteiger charge is 2.30.